The summed E-state index contributed by atoms with van der Waals surface area (Å²) in [6.07, 6.45) is -0.372. The molecular weight excluding hydrogens is 466 g/mol. The molecule has 0 bridgehead atoms. The van der Waals surface area contributed by atoms with Gasteiger partial charge in [-0.15, -0.1) is 10.2 Å². The van der Waals surface area contributed by atoms with Crippen molar-refractivity contribution in [1.82, 2.24) is 14.8 Å². The van der Waals surface area contributed by atoms with Crippen molar-refractivity contribution in [2.24, 2.45) is 5.92 Å². The number of methoxy groups -OCH3 is 1. The van der Waals surface area contributed by atoms with Gasteiger partial charge in [-0.2, -0.15) is 0 Å². The lowest BCUT2D eigenvalue weighted by Gasteiger charge is -2.19. The van der Waals surface area contributed by atoms with Crippen molar-refractivity contribution in [3.8, 4) is 11.5 Å². The third kappa shape index (κ3) is 7.48. The summed E-state index contributed by atoms with van der Waals surface area (Å²) in [5, 5.41) is 14.9. The fraction of sp³-hybridized carbons (Fsp3) is 0.360. The van der Waals surface area contributed by atoms with Gasteiger partial charge in [-0.3, -0.25) is 9.59 Å². The Balaban J connectivity index is 1.67. The Morgan fingerprint density at radius 1 is 0.971 bits per heavy atom. The van der Waals surface area contributed by atoms with E-state index in [0.717, 1.165) is 0 Å². The first-order chi connectivity index (χ1) is 16.8. The van der Waals surface area contributed by atoms with Gasteiger partial charge in [-0.05, 0) is 49.2 Å². The molecule has 2 N–H and O–H groups in total. The molecule has 1 aromatic heterocycles. The minimum atomic E-state index is -0.372. The molecule has 0 aliphatic heterocycles. The van der Waals surface area contributed by atoms with Gasteiger partial charge < -0.3 is 24.7 Å². The molecule has 2 aromatic carbocycles. The van der Waals surface area contributed by atoms with Crippen molar-refractivity contribution in [3.05, 3.63) is 54.4 Å². The van der Waals surface area contributed by atoms with Gasteiger partial charge in [0, 0.05) is 24.8 Å². The first-order valence-corrected chi connectivity index (χ1v) is 12.3. The zero-order chi connectivity index (χ0) is 25.4. The Bertz CT molecular complexity index is 1150. The Hall–Kier alpha value is -3.53. The van der Waals surface area contributed by atoms with Crippen LogP contribution in [0.5, 0.6) is 11.5 Å². The zero-order valence-corrected chi connectivity index (χ0v) is 21.4. The fourth-order valence-electron chi connectivity index (χ4n) is 3.37. The summed E-state index contributed by atoms with van der Waals surface area (Å²) in [6.45, 7) is 8.28. The molecule has 0 radical (unpaired) electrons. The summed E-state index contributed by atoms with van der Waals surface area (Å²) < 4.78 is 13.5. The SMILES string of the molecule is COc1ccccc1OC(C)c1nnc(SCC(=O)Nc2ccc(NC(C)=O)cc2)n1CC(C)C. The number of hydrogen-bond acceptors (Lipinski definition) is 7. The standard InChI is InChI=1S/C25H31N5O4S/c1-16(2)14-30-24(17(3)34-22-9-7-6-8-21(22)33-5)28-29-25(30)35-15-23(32)27-20-12-10-19(11-13-20)26-18(4)31/h6-13,16-17H,14-15H2,1-5H3,(H,26,31)(H,27,32). The van der Waals surface area contributed by atoms with E-state index in [1.807, 2.05) is 35.8 Å². The molecule has 3 rings (SSSR count). The maximum absolute atomic E-state index is 12.5. The van der Waals surface area contributed by atoms with Crippen molar-refractivity contribution in [2.75, 3.05) is 23.5 Å². The van der Waals surface area contributed by atoms with E-state index >= 15 is 0 Å². The predicted octanol–water partition coefficient (Wildman–Crippen LogP) is 4.77. The molecule has 0 aliphatic carbocycles. The third-order valence-corrected chi connectivity index (χ3v) is 5.82. The molecule has 186 valence electrons. The van der Waals surface area contributed by atoms with E-state index in [9.17, 15) is 9.59 Å². The highest BCUT2D eigenvalue weighted by atomic mass is 32.2. The molecule has 0 aliphatic rings. The van der Waals surface area contributed by atoms with E-state index in [1.54, 1.807) is 31.4 Å². The highest BCUT2D eigenvalue weighted by molar-refractivity contribution is 7.99. The van der Waals surface area contributed by atoms with Crippen molar-refractivity contribution in [1.29, 1.82) is 0 Å². The smallest absolute Gasteiger partial charge is 0.234 e. The number of aromatic nitrogens is 3. The first-order valence-electron chi connectivity index (χ1n) is 11.3. The lowest BCUT2D eigenvalue weighted by Crippen LogP contribution is -2.17. The number of rotatable bonds is 11. The molecule has 2 amide bonds. The van der Waals surface area contributed by atoms with Crippen LogP contribution in [0.3, 0.4) is 0 Å². The lowest BCUT2D eigenvalue weighted by atomic mass is 10.2. The molecule has 0 saturated carbocycles. The van der Waals surface area contributed by atoms with Gasteiger partial charge in [-0.1, -0.05) is 37.7 Å². The average Bonchev–Trinajstić information content (AvgIpc) is 3.21. The number of hydrogen-bond donors (Lipinski definition) is 2. The van der Waals surface area contributed by atoms with Gasteiger partial charge in [0.1, 0.15) is 0 Å². The minimum Gasteiger partial charge on any atom is -0.493 e. The van der Waals surface area contributed by atoms with E-state index in [4.69, 9.17) is 9.47 Å². The first kappa shape index (κ1) is 26.1. The van der Waals surface area contributed by atoms with Gasteiger partial charge in [0.05, 0.1) is 12.9 Å². The van der Waals surface area contributed by atoms with Crippen LogP contribution in [-0.2, 0) is 16.1 Å². The molecular formula is C25H31N5O4S. The molecule has 35 heavy (non-hydrogen) atoms. The highest BCUT2D eigenvalue weighted by Crippen LogP contribution is 2.31. The van der Waals surface area contributed by atoms with Crippen LogP contribution in [0.4, 0.5) is 11.4 Å². The summed E-state index contributed by atoms with van der Waals surface area (Å²) in [7, 11) is 1.60. The van der Waals surface area contributed by atoms with E-state index in [2.05, 4.69) is 34.7 Å². The van der Waals surface area contributed by atoms with E-state index in [0.29, 0.717) is 46.3 Å². The van der Waals surface area contributed by atoms with E-state index in [1.165, 1.54) is 18.7 Å². The Labute approximate surface area is 209 Å². The second-order valence-corrected chi connectivity index (χ2v) is 9.29. The number of para-hydroxylation sites is 2. The fourth-order valence-corrected chi connectivity index (χ4v) is 4.13. The van der Waals surface area contributed by atoms with E-state index < -0.39 is 0 Å². The lowest BCUT2D eigenvalue weighted by molar-refractivity contribution is -0.114. The molecule has 10 heteroatoms. The molecule has 0 spiro atoms. The molecule has 3 aromatic rings. The quantitative estimate of drug-likeness (QED) is 0.367. The Kier molecular flexibility index (Phi) is 9.13. The summed E-state index contributed by atoms with van der Waals surface area (Å²) in [6, 6.07) is 14.4. The monoisotopic (exact) mass is 497 g/mol. The van der Waals surface area contributed by atoms with Gasteiger partial charge in [0.2, 0.25) is 11.8 Å². The number of benzene rings is 2. The maximum atomic E-state index is 12.5. The van der Waals surface area contributed by atoms with Crippen LogP contribution < -0.4 is 20.1 Å². The molecule has 1 heterocycles. The van der Waals surface area contributed by atoms with Crippen LogP contribution >= 0.6 is 11.8 Å². The summed E-state index contributed by atoms with van der Waals surface area (Å²) in [5.74, 6) is 2.16. The van der Waals surface area contributed by atoms with Crippen molar-refractivity contribution >= 4 is 35.0 Å². The Morgan fingerprint density at radius 2 is 1.60 bits per heavy atom. The predicted molar refractivity (Wildman–Crippen MR) is 137 cm³/mol. The molecule has 9 nitrogen and oxygen atoms in total. The van der Waals surface area contributed by atoms with E-state index in [-0.39, 0.29) is 23.7 Å². The largest absolute Gasteiger partial charge is 0.493 e. The number of thioether (sulfide) groups is 1. The van der Waals surface area contributed by atoms with Crippen molar-refractivity contribution in [3.63, 3.8) is 0 Å². The number of anilines is 2. The normalized spacial score (nSPS) is 11.7. The molecule has 0 fully saturated rings. The van der Waals surface area contributed by atoms with Gasteiger partial charge in [0.15, 0.2) is 28.6 Å². The number of ether oxygens (including phenoxy) is 2. The topological polar surface area (TPSA) is 107 Å². The van der Waals surface area contributed by atoms with Crippen LogP contribution in [0.25, 0.3) is 0 Å². The van der Waals surface area contributed by atoms with Crippen molar-refractivity contribution in [2.45, 2.75) is 45.5 Å². The van der Waals surface area contributed by atoms with Crippen LogP contribution in [0.1, 0.15) is 39.6 Å². The van der Waals surface area contributed by atoms with Crippen LogP contribution in [-0.4, -0.2) is 39.4 Å². The van der Waals surface area contributed by atoms with Crippen LogP contribution in [0.15, 0.2) is 53.7 Å². The van der Waals surface area contributed by atoms with Gasteiger partial charge in [0.25, 0.3) is 0 Å². The molecule has 1 unspecified atom stereocenters. The maximum Gasteiger partial charge on any atom is 0.234 e. The summed E-state index contributed by atoms with van der Waals surface area (Å²) in [5.41, 5.74) is 1.32. The van der Waals surface area contributed by atoms with Crippen molar-refractivity contribution < 1.29 is 19.1 Å². The van der Waals surface area contributed by atoms with Gasteiger partial charge in [-0.25, -0.2) is 0 Å². The zero-order valence-electron chi connectivity index (χ0n) is 20.6. The number of nitrogens with one attached hydrogen (secondary N) is 2. The van der Waals surface area contributed by atoms with Gasteiger partial charge >= 0.3 is 0 Å². The summed E-state index contributed by atoms with van der Waals surface area (Å²) in [4.78, 5) is 23.7. The minimum absolute atomic E-state index is 0.148. The second-order valence-electron chi connectivity index (χ2n) is 8.35. The molecule has 1 atom stereocenters. The molecule has 0 saturated heterocycles. The highest BCUT2D eigenvalue weighted by Gasteiger charge is 2.22. The number of carbonyl (C=O) groups excluding carboxylic acids is 2. The third-order valence-electron chi connectivity index (χ3n) is 4.85. The van der Waals surface area contributed by atoms with Crippen LogP contribution in [0.2, 0.25) is 0 Å². The Morgan fingerprint density at radius 3 is 2.20 bits per heavy atom. The van der Waals surface area contributed by atoms with Crippen LogP contribution in [0, 0.1) is 5.92 Å². The average molecular weight is 498 g/mol. The number of nitrogens with zero attached hydrogens (tertiary/aromatic N) is 3. The second kappa shape index (κ2) is 12.3. The number of amides is 2. The summed E-state index contributed by atoms with van der Waals surface area (Å²) >= 11 is 1.32. The number of carbonyl (C=O) groups is 2.